The van der Waals surface area contributed by atoms with Crippen molar-refractivity contribution in [3.8, 4) is 22.6 Å². The zero-order valence-corrected chi connectivity index (χ0v) is 14.7. The smallest absolute Gasteiger partial charge is 0.344 e. The van der Waals surface area contributed by atoms with Gasteiger partial charge in [0.05, 0.1) is 12.7 Å². The summed E-state index contributed by atoms with van der Waals surface area (Å²) in [7, 11) is 3.00. The van der Waals surface area contributed by atoms with Gasteiger partial charge in [0.1, 0.15) is 23.7 Å². The number of carbonyl (C=O) groups is 1. The molecule has 6 nitrogen and oxygen atoms in total. The number of hydrogen-bond acceptors (Lipinski definition) is 6. The van der Waals surface area contributed by atoms with Crippen molar-refractivity contribution in [2.24, 2.45) is 0 Å². The van der Waals surface area contributed by atoms with Gasteiger partial charge in [-0.05, 0) is 48.4 Å². The molecule has 0 spiro atoms. The Morgan fingerprint density at radius 1 is 1.04 bits per heavy atom. The average Bonchev–Trinajstić information content (AvgIpc) is 2.63. The van der Waals surface area contributed by atoms with Crippen LogP contribution in [-0.4, -0.2) is 26.8 Å². The Hall–Kier alpha value is -3.12. The summed E-state index contributed by atoms with van der Waals surface area (Å²) in [6, 6.07) is 12.0. The number of rotatable bonds is 5. The van der Waals surface area contributed by atoms with E-state index in [-0.39, 0.29) is 6.61 Å². The molecule has 0 N–H and O–H groups in total. The molecule has 0 amide bonds. The SMILES string of the molecule is COCC(=O)Oc1ccc2oc(=O)c(-c3ccc(OC)cc3)c(C)c2c1. The number of esters is 1. The van der Waals surface area contributed by atoms with Crippen molar-refractivity contribution in [1.29, 1.82) is 0 Å². The monoisotopic (exact) mass is 354 g/mol. The first-order valence-electron chi connectivity index (χ1n) is 7.95. The summed E-state index contributed by atoms with van der Waals surface area (Å²) in [5.74, 6) is 0.554. The first-order valence-corrected chi connectivity index (χ1v) is 7.95. The molecule has 0 atom stereocenters. The van der Waals surface area contributed by atoms with E-state index in [0.717, 1.165) is 11.1 Å². The lowest BCUT2D eigenvalue weighted by Crippen LogP contribution is -2.14. The fourth-order valence-corrected chi connectivity index (χ4v) is 2.76. The Morgan fingerprint density at radius 2 is 1.73 bits per heavy atom. The zero-order valence-electron chi connectivity index (χ0n) is 14.7. The van der Waals surface area contributed by atoms with Crippen LogP contribution in [0.1, 0.15) is 5.56 Å². The molecule has 1 aromatic heterocycles. The first kappa shape index (κ1) is 17.7. The Balaban J connectivity index is 2.09. The molecule has 0 saturated carbocycles. The fraction of sp³-hybridized carbons (Fsp3) is 0.200. The van der Waals surface area contributed by atoms with E-state index >= 15 is 0 Å². The minimum Gasteiger partial charge on any atom is -0.497 e. The number of ether oxygens (including phenoxy) is 3. The van der Waals surface area contributed by atoms with Crippen LogP contribution in [0.5, 0.6) is 11.5 Å². The molecule has 1 heterocycles. The lowest BCUT2D eigenvalue weighted by atomic mass is 9.99. The third-order valence-electron chi connectivity index (χ3n) is 4.01. The number of methoxy groups -OCH3 is 2. The molecule has 0 saturated heterocycles. The minimum absolute atomic E-state index is 0.141. The molecule has 0 aliphatic heterocycles. The lowest BCUT2D eigenvalue weighted by molar-refractivity contribution is -0.138. The van der Waals surface area contributed by atoms with Gasteiger partial charge < -0.3 is 18.6 Å². The summed E-state index contributed by atoms with van der Waals surface area (Å²) in [5.41, 5.74) is 1.92. The molecule has 2 aromatic carbocycles. The molecule has 0 fully saturated rings. The Morgan fingerprint density at radius 3 is 2.38 bits per heavy atom. The highest BCUT2D eigenvalue weighted by Gasteiger charge is 2.15. The second-order valence-electron chi connectivity index (χ2n) is 5.68. The van der Waals surface area contributed by atoms with Gasteiger partial charge >= 0.3 is 11.6 Å². The number of fused-ring (bicyclic) bond motifs is 1. The number of benzene rings is 2. The number of aryl methyl sites for hydroxylation is 1. The molecule has 134 valence electrons. The summed E-state index contributed by atoms with van der Waals surface area (Å²) < 4.78 is 20.6. The molecule has 0 aliphatic rings. The number of carbonyl (C=O) groups excluding carboxylic acids is 1. The van der Waals surface area contributed by atoms with Gasteiger partial charge in [0.25, 0.3) is 0 Å². The van der Waals surface area contributed by atoms with Crippen LogP contribution in [0.3, 0.4) is 0 Å². The minimum atomic E-state index is -0.503. The summed E-state index contributed by atoms with van der Waals surface area (Å²) in [4.78, 5) is 24.1. The molecule has 0 radical (unpaired) electrons. The van der Waals surface area contributed by atoms with Crippen LogP contribution in [0.4, 0.5) is 0 Å². The van der Waals surface area contributed by atoms with Gasteiger partial charge in [-0.15, -0.1) is 0 Å². The van der Waals surface area contributed by atoms with Crippen molar-refractivity contribution in [3.63, 3.8) is 0 Å². The van der Waals surface area contributed by atoms with Crippen LogP contribution in [0.15, 0.2) is 51.7 Å². The summed E-state index contributed by atoms with van der Waals surface area (Å²) in [5, 5.41) is 0.693. The van der Waals surface area contributed by atoms with Gasteiger partial charge in [0.2, 0.25) is 0 Å². The molecule has 0 bridgehead atoms. The Bertz CT molecular complexity index is 1000. The van der Waals surface area contributed by atoms with Crippen molar-refractivity contribution >= 4 is 16.9 Å². The second-order valence-corrected chi connectivity index (χ2v) is 5.68. The zero-order chi connectivity index (χ0) is 18.7. The normalized spacial score (nSPS) is 10.7. The summed E-state index contributed by atoms with van der Waals surface area (Å²) >= 11 is 0. The van der Waals surface area contributed by atoms with Crippen LogP contribution >= 0.6 is 0 Å². The van der Waals surface area contributed by atoms with Crippen molar-refractivity contribution in [3.05, 3.63) is 58.4 Å². The maximum atomic E-state index is 12.5. The largest absolute Gasteiger partial charge is 0.497 e. The average molecular weight is 354 g/mol. The lowest BCUT2D eigenvalue weighted by Gasteiger charge is -2.10. The molecular formula is C20H18O6. The van der Waals surface area contributed by atoms with Gasteiger partial charge in [-0.2, -0.15) is 0 Å². The quantitative estimate of drug-likeness (QED) is 0.397. The summed E-state index contributed by atoms with van der Waals surface area (Å²) in [6.45, 7) is 1.69. The van der Waals surface area contributed by atoms with Gasteiger partial charge in [0, 0.05) is 12.5 Å². The van der Waals surface area contributed by atoms with Crippen LogP contribution in [0, 0.1) is 6.92 Å². The van der Waals surface area contributed by atoms with Gasteiger partial charge in [-0.1, -0.05) is 12.1 Å². The van der Waals surface area contributed by atoms with Gasteiger partial charge in [-0.3, -0.25) is 0 Å². The topological polar surface area (TPSA) is 75.0 Å². The third-order valence-corrected chi connectivity index (χ3v) is 4.01. The third kappa shape index (κ3) is 3.45. The predicted molar refractivity (Wildman–Crippen MR) is 96.7 cm³/mol. The van der Waals surface area contributed by atoms with E-state index in [4.69, 9.17) is 18.6 Å². The molecular weight excluding hydrogens is 336 g/mol. The van der Waals surface area contributed by atoms with Gasteiger partial charge in [-0.25, -0.2) is 9.59 Å². The highest BCUT2D eigenvalue weighted by Crippen LogP contribution is 2.30. The maximum Gasteiger partial charge on any atom is 0.344 e. The number of hydrogen-bond donors (Lipinski definition) is 0. The Labute approximate surface area is 149 Å². The predicted octanol–water partition coefficient (Wildman–Crippen LogP) is 3.33. The van der Waals surface area contributed by atoms with E-state index < -0.39 is 11.6 Å². The van der Waals surface area contributed by atoms with Crippen molar-refractivity contribution in [2.45, 2.75) is 6.92 Å². The van der Waals surface area contributed by atoms with E-state index in [9.17, 15) is 9.59 Å². The van der Waals surface area contributed by atoms with Crippen LogP contribution in [0.25, 0.3) is 22.1 Å². The molecule has 6 heteroatoms. The van der Waals surface area contributed by atoms with E-state index in [2.05, 4.69) is 0 Å². The van der Waals surface area contributed by atoms with Gasteiger partial charge in [0.15, 0.2) is 0 Å². The first-order chi connectivity index (χ1) is 12.5. The highest BCUT2D eigenvalue weighted by molar-refractivity contribution is 5.88. The Kier molecular flexibility index (Phi) is 5.04. The van der Waals surface area contributed by atoms with Crippen molar-refractivity contribution in [1.82, 2.24) is 0 Å². The van der Waals surface area contributed by atoms with Crippen LogP contribution in [0.2, 0.25) is 0 Å². The highest BCUT2D eigenvalue weighted by atomic mass is 16.6. The molecule has 26 heavy (non-hydrogen) atoms. The van der Waals surface area contributed by atoms with Crippen LogP contribution < -0.4 is 15.1 Å². The van der Waals surface area contributed by atoms with E-state index in [1.807, 2.05) is 6.92 Å². The molecule has 3 aromatic rings. The molecule has 0 unspecified atom stereocenters. The van der Waals surface area contributed by atoms with Crippen LogP contribution in [-0.2, 0) is 9.53 Å². The second kappa shape index (κ2) is 7.41. The van der Waals surface area contributed by atoms with E-state index in [0.29, 0.717) is 28.0 Å². The van der Waals surface area contributed by atoms with E-state index in [1.165, 1.54) is 7.11 Å². The van der Waals surface area contributed by atoms with Crippen molar-refractivity contribution < 1.29 is 23.4 Å². The fourth-order valence-electron chi connectivity index (χ4n) is 2.76. The molecule has 3 rings (SSSR count). The summed E-state index contributed by atoms with van der Waals surface area (Å²) in [6.07, 6.45) is 0. The molecule has 0 aliphatic carbocycles. The standard InChI is InChI=1S/C20H18O6/c1-12-16-10-15(25-18(21)11-23-2)8-9-17(16)26-20(22)19(12)13-4-6-14(24-3)7-5-13/h4-10H,11H2,1-3H3. The van der Waals surface area contributed by atoms with Crippen molar-refractivity contribution in [2.75, 3.05) is 20.8 Å². The maximum absolute atomic E-state index is 12.5. The van der Waals surface area contributed by atoms with E-state index in [1.54, 1.807) is 49.6 Å².